The first kappa shape index (κ1) is 20.3. The van der Waals surface area contributed by atoms with E-state index in [0.717, 1.165) is 35.7 Å². The third-order valence-electron chi connectivity index (χ3n) is 4.88. The Hall–Kier alpha value is -1.98. The predicted molar refractivity (Wildman–Crippen MR) is 95.8 cm³/mol. The average molecular weight is 379 g/mol. The summed E-state index contributed by atoms with van der Waals surface area (Å²) >= 11 is 0. The van der Waals surface area contributed by atoms with Gasteiger partial charge in [0, 0.05) is 12.8 Å². The van der Waals surface area contributed by atoms with Crippen LogP contribution in [-0.2, 0) is 4.79 Å². The number of aryl methyl sites for hydroxylation is 2. The van der Waals surface area contributed by atoms with Gasteiger partial charge in [0.25, 0.3) is 5.91 Å². The minimum atomic E-state index is -0.0993. The maximum absolute atomic E-state index is 12.3. The molecule has 1 saturated heterocycles. The van der Waals surface area contributed by atoms with Gasteiger partial charge >= 0.3 is 0 Å². The van der Waals surface area contributed by atoms with E-state index in [-0.39, 0.29) is 31.0 Å². The van der Waals surface area contributed by atoms with Crippen LogP contribution in [0.5, 0.6) is 5.75 Å². The molecule has 1 unspecified atom stereocenters. The molecule has 0 aliphatic carbocycles. The maximum atomic E-state index is 12.3. The molecule has 0 bridgehead atoms. The lowest BCUT2D eigenvalue weighted by Crippen LogP contribution is -3.11. The van der Waals surface area contributed by atoms with Crippen molar-refractivity contribution in [3.63, 3.8) is 0 Å². The van der Waals surface area contributed by atoms with Crippen LogP contribution in [0.4, 0.5) is 0 Å². The number of furan rings is 1. The number of ether oxygens (including phenoxy) is 1. The maximum Gasteiger partial charge on any atom is 0.258 e. The van der Waals surface area contributed by atoms with Crippen LogP contribution in [0.2, 0.25) is 0 Å². The second-order valence-electron chi connectivity index (χ2n) is 6.75. The number of benzene rings is 1. The van der Waals surface area contributed by atoms with Crippen LogP contribution in [0.25, 0.3) is 0 Å². The standard InChI is InChI=1S/C20H26N2O3.ClH/c1-15-7-5-8-16(2)20(15)25-14-19(23)21-13-17(18-9-6-12-24-18)22-10-3-4-11-22;/h5-9,12,17H,3-4,10-11,13-14H2,1-2H3,(H,21,23);1H. The largest absolute Gasteiger partial charge is 1.00 e. The van der Waals surface area contributed by atoms with Gasteiger partial charge in [-0.25, -0.2) is 0 Å². The van der Waals surface area contributed by atoms with Crippen LogP contribution in [0.1, 0.15) is 35.8 Å². The number of rotatable bonds is 7. The van der Waals surface area contributed by atoms with Gasteiger partial charge < -0.3 is 31.8 Å². The summed E-state index contributed by atoms with van der Waals surface area (Å²) in [6.07, 6.45) is 4.16. The van der Waals surface area contributed by atoms with Gasteiger partial charge in [0.2, 0.25) is 0 Å². The molecule has 2 heterocycles. The van der Waals surface area contributed by atoms with Gasteiger partial charge in [0.05, 0.1) is 25.9 Å². The van der Waals surface area contributed by atoms with Crippen LogP contribution in [0.3, 0.4) is 0 Å². The van der Waals surface area contributed by atoms with E-state index in [2.05, 4.69) is 5.32 Å². The Morgan fingerprint density at radius 1 is 1.19 bits per heavy atom. The van der Waals surface area contributed by atoms with E-state index in [4.69, 9.17) is 9.15 Å². The van der Waals surface area contributed by atoms with Gasteiger partial charge in [-0.1, -0.05) is 18.2 Å². The zero-order valence-corrected chi connectivity index (χ0v) is 16.1. The van der Waals surface area contributed by atoms with Crippen molar-refractivity contribution < 1.29 is 31.3 Å². The fourth-order valence-corrected chi connectivity index (χ4v) is 3.54. The minimum Gasteiger partial charge on any atom is -1.00 e. The molecule has 2 N–H and O–H groups in total. The first-order valence-electron chi connectivity index (χ1n) is 8.99. The lowest BCUT2D eigenvalue weighted by Gasteiger charge is -2.23. The summed E-state index contributed by atoms with van der Waals surface area (Å²) in [4.78, 5) is 13.7. The summed E-state index contributed by atoms with van der Waals surface area (Å²) in [5, 5.41) is 3.01. The monoisotopic (exact) mass is 378 g/mol. The number of nitrogens with one attached hydrogen (secondary N) is 2. The summed E-state index contributed by atoms with van der Waals surface area (Å²) in [6.45, 7) is 6.83. The number of hydrogen-bond donors (Lipinski definition) is 2. The van der Waals surface area contributed by atoms with E-state index in [0.29, 0.717) is 6.54 Å². The van der Waals surface area contributed by atoms with Crippen molar-refractivity contribution in [2.24, 2.45) is 0 Å². The van der Waals surface area contributed by atoms with Crippen molar-refractivity contribution in [3.8, 4) is 5.75 Å². The van der Waals surface area contributed by atoms with Gasteiger partial charge in [-0.3, -0.25) is 4.79 Å². The Bertz CT molecular complexity index is 677. The van der Waals surface area contributed by atoms with Gasteiger partial charge in [-0.2, -0.15) is 0 Å². The Labute approximate surface area is 161 Å². The molecule has 1 aromatic carbocycles. The average Bonchev–Trinajstić information content (AvgIpc) is 3.29. The number of halogens is 1. The summed E-state index contributed by atoms with van der Waals surface area (Å²) < 4.78 is 11.3. The fraction of sp³-hybridized carbons (Fsp3) is 0.450. The first-order valence-corrected chi connectivity index (χ1v) is 8.99. The zero-order chi connectivity index (χ0) is 17.6. The number of para-hydroxylation sites is 1. The topological polar surface area (TPSA) is 55.9 Å². The second-order valence-corrected chi connectivity index (χ2v) is 6.75. The number of carbonyl (C=O) groups is 1. The molecular weight excluding hydrogens is 352 g/mol. The van der Waals surface area contributed by atoms with E-state index < -0.39 is 0 Å². The quantitative estimate of drug-likeness (QED) is 0.637. The molecule has 142 valence electrons. The molecule has 5 nitrogen and oxygen atoms in total. The van der Waals surface area contributed by atoms with Crippen molar-refractivity contribution >= 4 is 5.91 Å². The molecule has 0 saturated carbocycles. The Balaban J connectivity index is 0.00000243. The Morgan fingerprint density at radius 3 is 2.50 bits per heavy atom. The summed E-state index contributed by atoms with van der Waals surface area (Å²) in [6, 6.07) is 10.0. The normalized spacial score (nSPS) is 15.3. The van der Waals surface area contributed by atoms with E-state index in [9.17, 15) is 4.79 Å². The molecule has 1 atom stereocenters. The van der Waals surface area contributed by atoms with Crippen LogP contribution in [0, 0.1) is 13.8 Å². The molecular formula is C20H27ClN2O3. The molecule has 1 aliphatic rings. The van der Waals surface area contributed by atoms with Crippen LogP contribution in [-0.4, -0.2) is 32.1 Å². The third-order valence-corrected chi connectivity index (χ3v) is 4.88. The van der Waals surface area contributed by atoms with Crippen LogP contribution >= 0.6 is 0 Å². The minimum absolute atomic E-state index is 0. The Kier molecular flexibility index (Phi) is 7.54. The molecule has 2 aromatic rings. The molecule has 3 rings (SSSR count). The van der Waals surface area contributed by atoms with Gasteiger partial charge in [0.1, 0.15) is 5.75 Å². The molecule has 0 spiro atoms. The highest BCUT2D eigenvalue weighted by Crippen LogP contribution is 2.22. The molecule has 1 amide bonds. The molecule has 1 aliphatic heterocycles. The highest BCUT2D eigenvalue weighted by atomic mass is 35.5. The van der Waals surface area contributed by atoms with E-state index in [1.54, 1.807) is 6.26 Å². The lowest BCUT2D eigenvalue weighted by atomic mass is 10.1. The van der Waals surface area contributed by atoms with E-state index in [1.807, 2.05) is 44.2 Å². The summed E-state index contributed by atoms with van der Waals surface area (Å²) in [5.74, 6) is 1.64. The van der Waals surface area contributed by atoms with Crippen molar-refractivity contribution in [1.82, 2.24) is 5.32 Å². The molecule has 26 heavy (non-hydrogen) atoms. The van der Waals surface area contributed by atoms with Crippen molar-refractivity contribution in [1.29, 1.82) is 0 Å². The van der Waals surface area contributed by atoms with Crippen molar-refractivity contribution in [2.45, 2.75) is 32.7 Å². The SMILES string of the molecule is Cc1cccc(C)c1OCC(=O)NCC(c1ccco1)[NH+]1CCCC1.[Cl-]. The van der Waals surface area contributed by atoms with Gasteiger partial charge in [-0.05, 0) is 37.1 Å². The number of quaternary nitrogens is 1. The molecule has 0 radical (unpaired) electrons. The first-order chi connectivity index (χ1) is 12.1. The van der Waals surface area contributed by atoms with Crippen molar-refractivity contribution in [3.05, 3.63) is 53.5 Å². The van der Waals surface area contributed by atoms with E-state index >= 15 is 0 Å². The lowest BCUT2D eigenvalue weighted by molar-refractivity contribution is -0.919. The van der Waals surface area contributed by atoms with Gasteiger partial charge in [-0.15, -0.1) is 0 Å². The molecule has 1 fully saturated rings. The number of amides is 1. The summed E-state index contributed by atoms with van der Waals surface area (Å²) in [7, 11) is 0. The number of carbonyl (C=O) groups excluding carboxylic acids is 1. The molecule has 1 aromatic heterocycles. The Morgan fingerprint density at radius 2 is 1.88 bits per heavy atom. The van der Waals surface area contributed by atoms with Crippen LogP contribution in [0.15, 0.2) is 41.0 Å². The third kappa shape index (κ3) is 5.02. The van der Waals surface area contributed by atoms with Gasteiger partial charge in [0.15, 0.2) is 18.4 Å². The fourth-order valence-electron chi connectivity index (χ4n) is 3.54. The van der Waals surface area contributed by atoms with E-state index in [1.165, 1.54) is 17.7 Å². The highest BCUT2D eigenvalue weighted by Gasteiger charge is 2.29. The second kappa shape index (κ2) is 9.64. The number of likely N-dealkylation sites (tertiary alicyclic amines) is 1. The van der Waals surface area contributed by atoms with Crippen molar-refractivity contribution in [2.75, 3.05) is 26.2 Å². The predicted octanol–water partition coefficient (Wildman–Crippen LogP) is -1.18. The summed E-state index contributed by atoms with van der Waals surface area (Å²) in [5.41, 5.74) is 2.09. The van der Waals surface area contributed by atoms with Crippen LogP contribution < -0.4 is 27.4 Å². The highest BCUT2D eigenvalue weighted by molar-refractivity contribution is 5.77. The smallest absolute Gasteiger partial charge is 0.258 e. The molecule has 6 heteroatoms. The zero-order valence-electron chi connectivity index (χ0n) is 15.4. The number of hydrogen-bond acceptors (Lipinski definition) is 3.